The summed E-state index contributed by atoms with van der Waals surface area (Å²) in [7, 11) is 1.95. The molecule has 1 amide bonds. The summed E-state index contributed by atoms with van der Waals surface area (Å²) in [6.07, 6.45) is 2.08. The highest BCUT2D eigenvalue weighted by Crippen LogP contribution is 2.24. The van der Waals surface area contributed by atoms with Crippen LogP contribution in [-0.2, 0) is 20.2 Å². The number of rotatable bonds is 6. The van der Waals surface area contributed by atoms with Gasteiger partial charge in [-0.1, -0.05) is 12.1 Å². The van der Waals surface area contributed by atoms with Gasteiger partial charge in [-0.25, -0.2) is 0 Å². The molecule has 4 rings (SSSR count). The minimum atomic E-state index is 0.125. The first-order valence-corrected chi connectivity index (χ1v) is 11.6. The lowest BCUT2D eigenvalue weighted by Gasteiger charge is -2.34. The summed E-state index contributed by atoms with van der Waals surface area (Å²) in [5.41, 5.74) is 5.76. The summed E-state index contributed by atoms with van der Waals surface area (Å²) < 4.78 is 7.86. The number of piperazine rings is 1. The maximum atomic E-state index is 13.0. The Morgan fingerprint density at radius 1 is 1.16 bits per heavy atom. The van der Waals surface area contributed by atoms with E-state index < -0.39 is 0 Å². The lowest BCUT2D eigenvalue weighted by Crippen LogP contribution is -2.48. The van der Waals surface area contributed by atoms with Gasteiger partial charge in [-0.05, 0) is 49.4 Å². The summed E-state index contributed by atoms with van der Waals surface area (Å²) in [5, 5.41) is 6.45. The second-order valence-corrected chi connectivity index (χ2v) is 9.20. The third kappa shape index (κ3) is 4.99. The molecule has 0 aliphatic carbocycles. The van der Waals surface area contributed by atoms with E-state index in [0.717, 1.165) is 60.2 Å². The van der Waals surface area contributed by atoms with E-state index in [9.17, 15) is 4.79 Å². The highest BCUT2D eigenvalue weighted by atomic mass is 32.1. The van der Waals surface area contributed by atoms with E-state index in [0.29, 0.717) is 6.61 Å². The molecule has 1 aliphatic heterocycles. The molecule has 0 atom stereocenters. The quantitative estimate of drug-likeness (QED) is 0.585. The van der Waals surface area contributed by atoms with Crippen LogP contribution >= 0.6 is 11.3 Å². The third-order valence-electron chi connectivity index (χ3n) is 5.98. The Morgan fingerprint density at radius 3 is 2.65 bits per heavy atom. The molecule has 1 saturated heterocycles. The zero-order chi connectivity index (χ0) is 22.0. The Morgan fingerprint density at radius 2 is 1.94 bits per heavy atom. The van der Waals surface area contributed by atoms with Crippen molar-refractivity contribution in [3.8, 4) is 5.75 Å². The summed E-state index contributed by atoms with van der Waals surface area (Å²) in [6, 6.07) is 8.06. The monoisotopic (exact) mass is 438 g/mol. The van der Waals surface area contributed by atoms with Gasteiger partial charge in [0.1, 0.15) is 12.4 Å². The smallest absolute Gasteiger partial charge is 0.264 e. The molecule has 7 heteroatoms. The van der Waals surface area contributed by atoms with Crippen molar-refractivity contribution in [3.05, 3.63) is 68.7 Å². The molecule has 6 nitrogen and oxygen atoms in total. The van der Waals surface area contributed by atoms with E-state index in [1.165, 1.54) is 22.5 Å². The highest BCUT2D eigenvalue weighted by molar-refractivity contribution is 7.12. The Labute approximate surface area is 188 Å². The summed E-state index contributed by atoms with van der Waals surface area (Å²) in [6.45, 7) is 10.8. The van der Waals surface area contributed by atoms with Crippen LogP contribution in [-0.4, -0.2) is 51.7 Å². The minimum absolute atomic E-state index is 0.125. The zero-order valence-corrected chi connectivity index (χ0v) is 19.5. The van der Waals surface area contributed by atoms with Gasteiger partial charge in [-0.15, -0.1) is 11.3 Å². The van der Waals surface area contributed by atoms with Crippen molar-refractivity contribution >= 4 is 17.2 Å². The van der Waals surface area contributed by atoms with Crippen molar-refractivity contribution in [1.29, 1.82) is 0 Å². The van der Waals surface area contributed by atoms with Gasteiger partial charge < -0.3 is 9.64 Å². The fourth-order valence-electron chi connectivity index (χ4n) is 3.91. The Bertz CT molecular complexity index is 1060. The molecule has 1 aliphatic rings. The van der Waals surface area contributed by atoms with Crippen LogP contribution in [0.25, 0.3) is 0 Å². The van der Waals surface area contributed by atoms with Crippen LogP contribution in [0.2, 0.25) is 0 Å². The van der Waals surface area contributed by atoms with Crippen LogP contribution in [0.3, 0.4) is 0 Å². The van der Waals surface area contributed by atoms with Gasteiger partial charge in [0.15, 0.2) is 0 Å². The number of amides is 1. The maximum absolute atomic E-state index is 13.0. The average molecular weight is 439 g/mol. The van der Waals surface area contributed by atoms with Crippen molar-refractivity contribution in [2.45, 2.75) is 33.9 Å². The molecule has 0 N–H and O–H groups in total. The molecule has 0 saturated carbocycles. The van der Waals surface area contributed by atoms with E-state index in [1.54, 1.807) is 0 Å². The molecular weight excluding hydrogens is 408 g/mol. The predicted octanol–water partition coefficient (Wildman–Crippen LogP) is 3.94. The number of hydrogen-bond donors (Lipinski definition) is 0. The number of carbonyl (C=O) groups is 1. The largest absolute Gasteiger partial charge is 0.489 e. The predicted molar refractivity (Wildman–Crippen MR) is 124 cm³/mol. The second-order valence-electron chi connectivity index (χ2n) is 8.29. The molecular formula is C24H30N4O2S. The number of aryl methyl sites for hydroxylation is 3. The Kier molecular flexibility index (Phi) is 6.43. The minimum Gasteiger partial charge on any atom is -0.489 e. The third-order valence-corrected chi connectivity index (χ3v) is 6.95. The summed E-state index contributed by atoms with van der Waals surface area (Å²) in [5.74, 6) is 1.03. The molecule has 3 aromatic rings. The average Bonchev–Trinajstić information content (AvgIpc) is 3.35. The Hall–Kier alpha value is -2.64. The van der Waals surface area contributed by atoms with E-state index in [2.05, 4.69) is 36.1 Å². The van der Waals surface area contributed by atoms with Crippen LogP contribution < -0.4 is 4.74 Å². The van der Waals surface area contributed by atoms with Crippen LogP contribution in [0.4, 0.5) is 0 Å². The van der Waals surface area contributed by atoms with E-state index >= 15 is 0 Å². The van der Waals surface area contributed by atoms with Crippen LogP contribution in [0.15, 0.2) is 35.8 Å². The van der Waals surface area contributed by atoms with Gasteiger partial charge >= 0.3 is 0 Å². The molecule has 1 aromatic carbocycles. The number of hydrogen-bond acceptors (Lipinski definition) is 5. The SMILES string of the molecule is Cc1cccc(OCc2csc(C(=O)N3CCN(Cc4cn(C)nc4C)CC3)c2)c1C. The Balaban J connectivity index is 1.30. The van der Waals surface area contributed by atoms with Crippen molar-refractivity contribution in [3.63, 3.8) is 0 Å². The van der Waals surface area contributed by atoms with Gasteiger partial charge in [-0.2, -0.15) is 5.10 Å². The molecule has 0 bridgehead atoms. The molecule has 3 heterocycles. The normalized spacial score (nSPS) is 14.8. The van der Waals surface area contributed by atoms with Gasteiger partial charge in [0.05, 0.1) is 10.6 Å². The maximum Gasteiger partial charge on any atom is 0.264 e. The first-order valence-electron chi connectivity index (χ1n) is 10.7. The first-order chi connectivity index (χ1) is 14.9. The topological polar surface area (TPSA) is 50.6 Å². The van der Waals surface area contributed by atoms with Crippen molar-refractivity contribution < 1.29 is 9.53 Å². The highest BCUT2D eigenvalue weighted by Gasteiger charge is 2.24. The molecule has 0 unspecified atom stereocenters. The lowest BCUT2D eigenvalue weighted by molar-refractivity contribution is 0.0633. The first kappa shape index (κ1) is 21.6. The number of ether oxygens (including phenoxy) is 1. The van der Waals surface area contributed by atoms with Gasteiger partial charge in [0.2, 0.25) is 0 Å². The van der Waals surface area contributed by atoms with E-state index in [1.807, 2.05) is 47.1 Å². The molecule has 31 heavy (non-hydrogen) atoms. The zero-order valence-electron chi connectivity index (χ0n) is 18.7. The molecule has 0 radical (unpaired) electrons. The van der Waals surface area contributed by atoms with Gasteiger partial charge in [0, 0.05) is 57.1 Å². The number of nitrogens with zero attached hydrogens (tertiary/aromatic N) is 4. The fraction of sp³-hybridized carbons (Fsp3) is 0.417. The van der Waals surface area contributed by atoms with Crippen molar-refractivity contribution in [2.75, 3.05) is 26.2 Å². The molecule has 0 spiro atoms. The number of aromatic nitrogens is 2. The standard InChI is InChI=1S/C24H30N4O2S/c1-17-6-5-7-22(18(17)2)30-15-20-12-23(31-16-20)24(29)28-10-8-27(9-11-28)14-21-13-26(4)25-19(21)3/h5-7,12-13,16H,8-11,14-15H2,1-4H3. The molecule has 1 fully saturated rings. The van der Waals surface area contributed by atoms with Gasteiger partial charge in [-0.3, -0.25) is 14.4 Å². The van der Waals surface area contributed by atoms with Crippen molar-refractivity contribution in [2.24, 2.45) is 7.05 Å². The fourth-order valence-corrected chi connectivity index (χ4v) is 4.78. The van der Waals surface area contributed by atoms with Gasteiger partial charge in [0.25, 0.3) is 5.91 Å². The molecule has 2 aromatic heterocycles. The van der Waals surface area contributed by atoms with Crippen LogP contribution in [0.1, 0.15) is 37.6 Å². The summed E-state index contributed by atoms with van der Waals surface area (Å²) >= 11 is 1.51. The van der Waals surface area contributed by atoms with E-state index in [4.69, 9.17) is 4.74 Å². The lowest BCUT2D eigenvalue weighted by atomic mass is 10.1. The number of benzene rings is 1. The van der Waals surface area contributed by atoms with Crippen LogP contribution in [0.5, 0.6) is 5.75 Å². The van der Waals surface area contributed by atoms with E-state index in [-0.39, 0.29) is 5.91 Å². The summed E-state index contributed by atoms with van der Waals surface area (Å²) in [4.78, 5) is 18.1. The number of carbonyl (C=O) groups excluding carboxylic acids is 1. The molecule has 164 valence electrons. The second kappa shape index (κ2) is 9.24. The van der Waals surface area contributed by atoms with Crippen molar-refractivity contribution in [1.82, 2.24) is 19.6 Å². The number of thiophene rings is 1. The van der Waals surface area contributed by atoms with Crippen LogP contribution in [0, 0.1) is 20.8 Å².